The van der Waals surface area contributed by atoms with Crippen molar-refractivity contribution in [2.75, 3.05) is 0 Å². The predicted molar refractivity (Wildman–Crippen MR) is 142 cm³/mol. The molecule has 1 amide bonds. The van der Waals surface area contributed by atoms with Gasteiger partial charge in [0.1, 0.15) is 12.4 Å². The van der Waals surface area contributed by atoms with E-state index in [0.717, 1.165) is 28.1 Å². The summed E-state index contributed by atoms with van der Waals surface area (Å²) in [6.07, 6.45) is 1.85. The van der Waals surface area contributed by atoms with Crippen LogP contribution in [0, 0.1) is 6.92 Å². The Kier molecular flexibility index (Phi) is 6.39. The molecule has 1 N–H and O–H groups in total. The number of amidine groups is 1. The molecule has 0 bridgehead atoms. The summed E-state index contributed by atoms with van der Waals surface area (Å²) in [4.78, 5) is 17.6. The van der Waals surface area contributed by atoms with Gasteiger partial charge in [-0.2, -0.15) is 0 Å². The van der Waals surface area contributed by atoms with Crippen LogP contribution in [0.2, 0.25) is 5.02 Å². The van der Waals surface area contributed by atoms with Gasteiger partial charge in [-0.15, -0.1) is 0 Å². The highest BCUT2D eigenvalue weighted by atomic mass is 35.5. The average Bonchev–Trinajstić information content (AvgIpc) is 3.20. The zero-order valence-electron chi connectivity index (χ0n) is 18.4. The summed E-state index contributed by atoms with van der Waals surface area (Å²) in [6, 6.07) is 27.8. The molecule has 0 spiro atoms. The topological polar surface area (TPSA) is 50.7 Å². The van der Waals surface area contributed by atoms with E-state index in [-0.39, 0.29) is 5.91 Å². The lowest BCUT2D eigenvalue weighted by Gasteiger charge is -2.09. The van der Waals surface area contributed by atoms with Crippen molar-refractivity contribution in [2.24, 2.45) is 4.99 Å². The Hall–Kier alpha value is -3.54. The molecule has 5 rings (SSSR count). The number of nitrogens with one attached hydrogen (secondary N) is 1. The first-order valence-corrected chi connectivity index (χ1v) is 12.0. The summed E-state index contributed by atoms with van der Waals surface area (Å²) >= 11 is 7.49. The van der Waals surface area contributed by atoms with Gasteiger partial charge in [-0.3, -0.25) is 4.79 Å². The quantitative estimate of drug-likeness (QED) is 0.303. The van der Waals surface area contributed by atoms with Crippen molar-refractivity contribution in [3.05, 3.63) is 112 Å². The van der Waals surface area contributed by atoms with Gasteiger partial charge in [-0.05, 0) is 76.5 Å². The molecule has 1 aliphatic heterocycles. The first-order chi connectivity index (χ1) is 16.6. The molecule has 6 heteroatoms. The third kappa shape index (κ3) is 4.86. The molecule has 0 aliphatic carbocycles. The summed E-state index contributed by atoms with van der Waals surface area (Å²) in [7, 11) is 0. The summed E-state index contributed by atoms with van der Waals surface area (Å²) < 4.78 is 6.02. The first-order valence-electron chi connectivity index (χ1n) is 10.8. The number of carbonyl (C=O) groups excluding carboxylic acids is 1. The fourth-order valence-electron chi connectivity index (χ4n) is 3.70. The largest absolute Gasteiger partial charge is 0.489 e. The maximum absolute atomic E-state index is 12.4. The molecule has 0 radical (unpaired) electrons. The van der Waals surface area contributed by atoms with E-state index in [9.17, 15) is 4.79 Å². The number of nitrogens with zero attached hydrogens (tertiary/aromatic N) is 1. The lowest BCUT2D eigenvalue weighted by atomic mass is 10.1. The van der Waals surface area contributed by atoms with Gasteiger partial charge in [-0.25, -0.2) is 4.99 Å². The molecule has 0 aromatic heterocycles. The number of fused-ring (bicyclic) bond motifs is 1. The molecule has 0 atom stereocenters. The monoisotopic (exact) mass is 484 g/mol. The molecular formula is C28H21ClN2O2S. The normalized spacial score (nSPS) is 15.8. The molecule has 4 aromatic rings. The molecule has 4 aromatic carbocycles. The van der Waals surface area contributed by atoms with Gasteiger partial charge in [0.2, 0.25) is 0 Å². The number of hydrogen-bond donors (Lipinski definition) is 1. The average molecular weight is 485 g/mol. The minimum absolute atomic E-state index is 0.167. The molecule has 4 nitrogen and oxygen atoms in total. The van der Waals surface area contributed by atoms with Crippen molar-refractivity contribution in [3.8, 4) is 5.75 Å². The maximum Gasteiger partial charge on any atom is 0.264 e. The van der Waals surface area contributed by atoms with Gasteiger partial charge in [0.15, 0.2) is 5.17 Å². The van der Waals surface area contributed by atoms with Gasteiger partial charge in [0.25, 0.3) is 5.91 Å². The number of carbonyl (C=O) groups is 1. The minimum atomic E-state index is -0.167. The number of benzene rings is 4. The standard InChI is InChI=1S/C28H21ClN2O2S/c1-18-24(29)10-5-11-25(18)30-28-31-27(32)26(34-28)16-19-12-14-22(15-13-19)33-17-21-8-4-7-20-6-2-3-9-23(20)21/h2-16H,17H2,1H3,(H,30,31,32)/b26-16+. The molecule has 0 saturated carbocycles. The zero-order chi connectivity index (χ0) is 23.5. The Morgan fingerprint density at radius 3 is 2.59 bits per heavy atom. The Morgan fingerprint density at radius 1 is 0.971 bits per heavy atom. The zero-order valence-corrected chi connectivity index (χ0v) is 20.0. The second-order valence-electron chi connectivity index (χ2n) is 7.86. The van der Waals surface area contributed by atoms with E-state index < -0.39 is 0 Å². The SMILES string of the molecule is Cc1c(Cl)cccc1N=C1NC(=O)/C(=C\c2ccc(OCc3cccc4ccccc34)cc2)S1. The Bertz CT molecular complexity index is 1440. The molecule has 34 heavy (non-hydrogen) atoms. The fourth-order valence-corrected chi connectivity index (χ4v) is 4.70. The third-order valence-corrected chi connectivity index (χ3v) is 6.88. The Labute approximate surface area is 207 Å². The summed E-state index contributed by atoms with van der Waals surface area (Å²) in [6.45, 7) is 2.40. The van der Waals surface area contributed by atoms with Crippen LogP contribution in [-0.4, -0.2) is 11.1 Å². The third-order valence-electron chi connectivity index (χ3n) is 5.56. The number of ether oxygens (including phenoxy) is 1. The van der Waals surface area contributed by atoms with E-state index in [4.69, 9.17) is 16.3 Å². The van der Waals surface area contributed by atoms with E-state index in [1.807, 2.05) is 73.7 Å². The molecule has 1 fully saturated rings. The van der Waals surface area contributed by atoms with Crippen molar-refractivity contribution in [3.63, 3.8) is 0 Å². The number of aliphatic imine (C=N–C) groups is 1. The van der Waals surface area contributed by atoms with Crippen LogP contribution in [0.25, 0.3) is 16.8 Å². The van der Waals surface area contributed by atoms with Crippen molar-refractivity contribution in [1.29, 1.82) is 0 Å². The van der Waals surface area contributed by atoms with Crippen LogP contribution in [-0.2, 0) is 11.4 Å². The molecule has 1 aliphatic rings. The summed E-state index contributed by atoms with van der Waals surface area (Å²) in [5, 5.41) is 6.40. The van der Waals surface area contributed by atoms with Gasteiger partial charge >= 0.3 is 0 Å². The summed E-state index contributed by atoms with van der Waals surface area (Å²) in [5.74, 6) is 0.608. The van der Waals surface area contributed by atoms with Crippen LogP contribution < -0.4 is 10.1 Å². The van der Waals surface area contributed by atoms with Crippen molar-refractivity contribution < 1.29 is 9.53 Å². The summed E-state index contributed by atoms with van der Waals surface area (Å²) in [5.41, 5.74) is 3.67. The Morgan fingerprint density at radius 2 is 1.74 bits per heavy atom. The van der Waals surface area contributed by atoms with Gasteiger partial charge in [-0.1, -0.05) is 72.3 Å². The lowest BCUT2D eigenvalue weighted by molar-refractivity contribution is -0.115. The van der Waals surface area contributed by atoms with E-state index in [2.05, 4.69) is 34.6 Å². The van der Waals surface area contributed by atoms with Crippen molar-refractivity contribution >= 4 is 57.0 Å². The number of amides is 1. The van der Waals surface area contributed by atoms with Crippen LogP contribution in [0.15, 0.2) is 94.8 Å². The highest BCUT2D eigenvalue weighted by Gasteiger charge is 2.24. The van der Waals surface area contributed by atoms with Crippen molar-refractivity contribution in [2.45, 2.75) is 13.5 Å². The highest BCUT2D eigenvalue weighted by molar-refractivity contribution is 8.18. The highest BCUT2D eigenvalue weighted by Crippen LogP contribution is 2.31. The van der Waals surface area contributed by atoms with E-state index in [0.29, 0.717) is 21.7 Å². The van der Waals surface area contributed by atoms with Crippen LogP contribution in [0.1, 0.15) is 16.7 Å². The molecule has 1 saturated heterocycles. The van der Waals surface area contributed by atoms with Gasteiger partial charge < -0.3 is 10.1 Å². The number of halogens is 1. The van der Waals surface area contributed by atoms with Gasteiger partial charge in [0.05, 0.1) is 10.6 Å². The van der Waals surface area contributed by atoms with E-state index in [1.165, 1.54) is 22.5 Å². The predicted octanol–water partition coefficient (Wildman–Crippen LogP) is 7.27. The fraction of sp³-hybridized carbons (Fsp3) is 0.0714. The second-order valence-corrected chi connectivity index (χ2v) is 9.30. The number of hydrogen-bond acceptors (Lipinski definition) is 4. The number of rotatable bonds is 5. The van der Waals surface area contributed by atoms with Crippen molar-refractivity contribution in [1.82, 2.24) is 5.32 Å². The maximum atomic E-state index is 12.4. The lowest BCUT2D eigenvalue weighted by Crippen LogP contribution is -2.19. The molecule has 168 valence electrons. The van der Waals surface area contributed by atoms with E-state index in [1.54, 1.807) is 0 Å². The Balaban J connectivity index is 1.27. The van der Waals surface area contributed by atoms with E-state index >= 15 is 0 Å². The van der Waals surface area contributed by atoms with Crippen LogP contribution in [0.5, 0.6) is 5.75 Å². The molecular weight excluding hydrogens is 464 g/mol. The molecule has 0 unspecified atom stereocenters. The van der Waals surface area contributed by atoms with Crippen LogP contribution in [0.4, 0.5) is 5.69 Å². The first kappa shape index (κ1) is 22.3. The smallest absolute Gasteiger partial charge is 0.264 e. The molecule has 1 heterocycles. The van der Waals surface area contributed by atoms with Gasteiger partial charge in [0, 0.05) is 5.02 Å². The second kappa shape index (κ2) is 9.75. The van der Waals surface area contributed by atoms with Crippen LogP contribution >= 0.6 is 23.4 Å². The van der Waals surface area contributed by atoms with Crippen LogP contribution in [0.3, 0.4) is 0 Å². The number of thioether (sulfide) groups is 1. The minimum Gasteiger partial charge on any atom is -0.489 e.